The summed E-state index contributed by atoms with van der Waals surface area (Å²) in [6, 6.07) is 0. The number of nitrogens with zero attached hydrogens (tertiary/aromatic N) is 1. The lowest BCUT2D eigenvalue weighted by Gasteiger charge is -2.34. The highest BCUT2D eigenvalue weighted by molar-refractivity contribution is 5.72. The van der Waals surface area contributed by atoms with Gasteiger partial charge in [0.2, 0.25) is 0 Å². The van der Waals surface area contributed by atoms with E-state index in [1.165, 1.54) is 5.01 Å². The van der Waals surface area contributed by atoms with Crippen LogP contribution in [0.2, 0.25) is 0 Å². The summed E-state index contributed by atoms with van der Waals surface area (Å²) >= 11 is 0. The van der Waals surface area contributed by atoms with Gasteiger partial charge >= 0.3 is 5.97 Å². The van der Waals surface area contributed by atoms with E-state index in [9.17, 15) is 4.79 Å². The molecule has 0 unspecified atom stereocenters. The summed E-state index contributed by atoms with van der Waals surface area (Å²) < 4.78 is 4.90. The van der Waals surface area contributed by atoms with Crippen LogP contribution in [-0.4, -0.2) is 30.7 Å². The minimum absolute atomic E-state index is 0.0338. The first kappa shape index (κ1) is 9.48. The molecule has 0 aromatic carbocycles. The van der Waals surface area contributed by atoms with Gasteiger partial charge in [-0.25, -0.2) is 0 Å². The fourth-order valence-corrected chi connectivity index (χ4v) is 1.38. The second-order valence-corrected chi connectivity index (χ2v) is 3.01. The van der Waals surface area contributed by atoms with E-state index >= 15 is 0 Å². The van der Waals surface area contributed by atoms with Gasteiger partial charge in [-0.15, -0.1) is 0 Å². The third-order valence-electron chi connectivity index (χ3n) is 2.11. The standard InChI is InChI=1S/C8H15N2O2/c1-2-12-8(11)7-3-5-10(9)6-4-7/h7,9H,2-6H2,1H3/q-1. The first-order valence-corrected chi connectivity index (χ1v) is 4.37. The summed E-state index contributed by atoms with van der Waals surface area (Å²) in [4.78, 5) is 11.2. The average Bonchev–Trinajstić information content (AvgIpc) is 2.06. The number of hydrogen-bond donors (Lipinski definition) is 0. The summed E-state index contributed by atoms with van der Waals surface area (Å²) in [7, 11) is 0. The Bertz CT molecular complexity index is 153. The SMILES string of the molecule is CCOC(=O)C1CCN([NH-])CC1. The Morgan fingerprint density at radius 2 is 2.17 bits per heavy atom. The van der Waals surface area contributed by atoms with Crippen LogP contribution >= 0.6 is 0 Å². The monoisotopic (exact) mass is 171 g/mol. The highest BCUT2D eigenvalue weighted by atomic mass is 16.5. The largest absolute Gasteiger partial charge is 0.610 e. The van der Waals surface area contributed by atoms with Crippen LogP contribution in [-0.2, 0) is 9.53 Å². The summed E-state index contributed by atoms with van der Waals surface area (Å²) in [6.45, 7) is 3.64. The second kappa shape index (κ2) is 4.42. The van der Waals surface area contributed by atoms with Gasteiger partial charge in [-0.05, 0) is 32.9 Å². The van der Waals surface area contributed by atoms with Crippen molar-refractivity contribution < 1.29 is 9.53 Å². The van der Waals surface area contributed by atoms with Crippen molar-refractivity contribution in [3.8, 4) is 0 Å². The zero-order chi connectivity index (χ0) is 8.97. The molecule has 70 valence electrons. The molecule has 0 aromatic heterocycles. The lowest BCUT2D eigenvalue weighted by atomic mass is 9.98. The molecule has 12 heavy (non-hydrogen) atoms. The van der Waals surface area contributed by atoms with Crippen LogP contribution in [0.5, 0.6) is 0 Å². The molecule has 0 saturated carbocycles. The van der Waals surface area contributed by atoms with Crippen molar-refractivity contribution in [1.29, 1.82) is 0 Å². The lowest BCUT2D eigenvalue weighted by Crippen LogP contribution is -2.32. The maximum atomic E-state index is 11.2. The zero-order valence-corrected chi connectivity index (χ0v) is 7.38. The van der Waals surface area contributed by atoms with E-state index in [0.717, 1.165) is 12.8 Å². The van der Waals surface area contributed by atoms with E-state index in [-0.39, 0.29) is 11.9 Å². The molecule has 4 heteroatoms. The highest BCUT2D eigenvalue weighted by Crippen LogP contribution is 2.17. The fraction of sp³-hybridized carbons (Fsp3) is 0.875. The first-order chi connectivity index (χ1) is 5.74. The number of hydrogen-bond acceptors (Lipinski definition) is 3. The van der Waals surface area contributed by atoms with Gasteiger partial charge in [0, 0.05) is 0 Å². The predicted molar refractivity (Wildman–Crippen MR) is 45.3 cm³/mol. The highest BCUT2D eigenvalue weighted by Gasteiger charge is 2.22. The van der Waals surface area contributed by atoms with E-state index in [1.54, 1.807) is 0 Å². The summed E-state index contributed by atoms with van der Waals surface area (Å²) in [5.41, 5.74) is 0. The van der Waals surface area contributed by atoms with Gasteiger partial charge in [0.25, 0.3) is 0 Å². The molecule has 0 radical (unpaired) electrons. The van der Waals surface area contributed by atoms with Gasteiger partial charge < -0.3 is 15.6 Å². The third-order valence-corrected chi connectivity index (χ3v) is 2.11. The number of piperidine rings is 1. The molecule has 1 saturated heterocycles. The number of esters is 1. The molecule has 0 atom stereocenters. The van der Waals surface area contributed by atoms with Crippen molar-refractivity contribution in [2.45, 2.75) is 19.8 Å². The molecule has 0 amide bonds. The Balaban J connectivity index is 2.29. The molecule has 0 spiro atoms. The lowest BCUT2D eigenvalue weighted by molar-refractivity contribution is -0.149. The predicted octanol–water partition coefficient (Wildman–Crippen LogP) is 1.23. The van der Waals surface area contributed by atoms with Crippen LogP contribution in [0.3, 0.4) is 0 Å². The summed E-state index contributed by atoms with van der Waals surface area (Å²) in [5, 5.41) is 1.50. The number of carbonyl (C=O) groups excluding carboxylic acids is 1. The maximum absolute atomic E-state index is 11.2. The molecule has 0 bridgehead atoms. The molecule has 1 rings (SSSR count). The number of rotatable bonds is 2. The van der Waals surface area contributed by atoms with Crippen LogP contribution in [0.15, 0.2) is 0 Å². The molecule has 1 aliphatic rings. The van der Waals surface area contributed by atoms with Crippen molar-refractivity contribution in [1.82, 2.24) is 5.01 Å². The quantitative estimate of drug-likeness (QED) is 0.587. The van der Waals surface area contributed by atoms with Crippen molar-refractivity contribution in [2.24, 2.45) is 5.92 Å². The Labute approximate surface area is 72.6 Å². The van der Waals surface area contributed by atoms with Crippen LogP contribution in [0.25, 0.3) is 5.84 Å². The summed E-state index contributed by atoms with van der Waals surface area (Å²) in [6.07, 6.45) is 1.53. The molecular weight excluding hydrogens is 156 g/mol. The minimum atomic E-state index is -0.0920. The van der Waals surface area contributed by atoms with Gasteiger partial charge in [0.1, 0.15) is 0 Å². The average molecular weight is 171 g/mol. The van der Waals surface area contributed by atoms with Crippen LogP contribution in [0.1, 0.15) is 19.8 Å². The Morgan fingerprint density at radius 1 is 1.58 bits per heavy atom. The molecule has 1 heterocycles. The molecule has 1 aliphatic heterocycles. The zero-order valence-electron chi connectivity index (χ0n) is 7.38. The van der Waals surface area contributed by atoms with E-state index in [1.807, 2.05) is 6.92 Å². The minimum Gasteiger partial charge on any atom is -0.610 e. The third kappa shape index (κ3) is 2.46. The number of nitrogens with one attached hydrogen (secondary N) is 1. The van der Waals surface area contributed by atoms with Gasteiger partial charge in [-0.1, -0.05) is 0 Å². The van der Waals surface area contributed by atoms with Crippen molar-refractivity contribution >= 4 is 5.97 Å². The van der Waals surface area contributed by atoms with E-state index in [2.05, 4.69) is 0 Å². The van der Waals surface area contributed by atoms with Crippen molar-refractivity contribution in [2.75, 3.05) is 19.7 Å². The topological polar surface area (TPSA) is 53.3 Å². The van der Waals surface area contributed by atoms with Crippen LogP contribution in [0, 0.1) is 5.92 Å². The first-order valence-electron chi connectivity index (χ1n) is 4.37. The Kier molecular flexibility index (Phi) is 3.49. The van der Waals surface area contributed by atoms with Gasteiger partial charge in [-0.3, -0.25) is 4.79 Å². The number of carbonyl (C=O) groups is 1. The Hall–Kier alpha value is -0.610. The van der Waals surface area contributed by atoms with E-state index in [0.29, 0.717) is 19.7 Å². The fourth-order valence-electron chi connectivity index (χ4n) is 1.38. The van der Waals surface area contributed by atoms with Crippen LogP contribution in [0.4, 0.5) is 0 Å². The molecule has 0 aliphatic carbocycles. The second-order valence-electron chi connectivity index (χ2n) is 3.01. The normalized spacial score (nSPS) is 20.8. The number of ether oxygens (including phenoxy) is 1. The molecular formula is C8H15N2O2-. The molecule has 0 aromatic rings. The summed E-state index contributed by atoms with van der Waals surface area (Å²) in [5.74, 6) is 7.23. The molecule has 1 N–H and O–H groups in total. The van der Waals surface area contributed by atoms with Crippen LogP contribution < -0.4 is 0 Å². The van der Waals surface area contributed by atoms with E-state index < -0.39 is 0 Å². The van der Waals surface area contributed by atoms with Crippen molar-refractivity contribution in [3.05, 3.63) is 5.84 Å². The molecule has 4 nitrogen and oxygen atoms in total. The van der Waals surface area contributed by atoms with Crippen molar-refractivity contribution in [3.63, 3.8) is 0 Å². The van der Waals surface area contributed by atoms with Gasteiger partial charge in [-0.2, -0.15) is 0 Å². The smallest absolute Gasteiger partial charge is 0.309 e. The van der Waals surface area contributed by atoms with E-state index in [4.69, 9.17) is 10.6 Å². The van der Waals surface area contributed by atoms with Gasteiger partial charge in [0.15, 0.2) is 0 Å². The van der Waals surface area contributed by atoms with Gasteiger partial charge in [0.05, 0.1) is 12.5 Å². The maximum Gasteiger partial charge on any atom is 0.309 e. The Morgan fingerprint density at radius 3 is 2.67 bits per heavy atom. The molecule has 1 fully saturated rings.